The van der Waals surface area contributed by atoms with Crippen molar-refractivity contribution in [2.45, 2.75) is 30.9 Å². The van der Waals surface area contributed by atoms with Gasteiger partial charge in [0.2, 0.25) is 0 Å². The van der Waals surface area contributed by atoms with Crippen molar-refractivity contribution in [2.24, 2.45) is 0 Å². The molecular formula is C19H22N2O2S. The number of hydrogen-bond acceptors (Lipinski definition) is 4. The zero-order valence-electron chi connectivity index (χ0n) is 13.6. The molecule has 0 unspecified atom stereocenters. The number of benzene rings is 1. The van der Waals surface area contributed by atoms with Gasteiger partial charge in [0.15, 0.2) is 0 Å². The van der Waals surface area contributed by atoms with Gasteiger partial charge in [-0.2, -0.15) is 0 Å². The molecule has 3 heterocycles. The topological polar surface area (TPSA) is 41.6 Å². The molecule has 1 spiro atoms. The predicted octanol–water partition coefficient (Wildman–Crippen LogP) is 3.31. The standard InChI is InChI=1S/C19H22N2O2S/c22-18(17-7-4-12-24-17)21(15-5-2-1-3-6-15)16-13-19(23-14-16)8-10-20-11-9-19/h1-7,12,16,20H,8-11,13-14H2/t16-/m1/s1. The highest BCUT2D eigenvalue weighted by atomic mass is 32.1. The molecule has 0 bridgehead atoms. The van der Waals surface area contributed by atoms with Crippen molar-refractivity contribution >= 4 is 22.9 Å². The van der Waals surface area contributed by atoms with Crippen LogP contribution in [0, 0.1) is 0 Å². The quantitative estimate of drug-likeness (QED) is 0.930. The van der Waals surface area contributed by atoms with Gasteiger partial charge in [0.25, 0.3) is 5.91 Å². The summed E-state index contributed by atoms with van der Waals surface area (Å²) in [5.41, 5.74) is 0.897. The maximum absolute atomic E-state index is 13.1. The van der Waals surface area contributed by atoms with Crippen LogP contribution < -0.4 is 10.2 Å². The van der Waals surface area contributed by atoms with E-state index in [0.717, 1.165) is 42.9 Å². The number of ether oxygens (including phenoxy) is 1. The second-order valence-electron chi connectivity index (χ2n) is 6.59. The molecule has 0 saturated carbocycles. The van der Waals surface area contributed by atoms with E-state index < -0.39 is 0 Å². The molecular weight excluding hydrogens is 320 g/mol. The Morgan fingerprint density at radius 1 is 1.17 bits per heavy atom. The van der Waals surface area contributed by atoms with E-state index in [0.29, 0.717) is 6.61 Å². The van der Waals surface area contributed by atoms with Crippen LogP contribution in [0.3, 0.4) is 0 Å². The minimum atomic E-state index is -0.0569. The minimum Gasteiger partial charge on any atom is -0.373 e. The number of rotatable bonds is 3. The molecule has 2 aromatic rings. The Hall–Kier alpha value is -1.69. The Labute approximate surface area is 146 Å². The molecule has 2 fully saturated rings. The monoisotopic (exact) mass is 342 g/mol. The molecule has 5 heteroatoms. The van der Waals surface area contributed by atoms with Crippen LogP contribution in [-0.2, 0) is 4.74 Å². The number of nitrogens with one attached hydrogen (secondary N) is 1. The van der Waals surface area contributed by atoms with Gasteiger partial charge >= 0.3 is 0 Å². The third kappa shape index (κ3) is 2.99. The summed E-state index contributed by atoms with van der Waals surface area (Å²) in [6.45, 7) is 2.61. The number of nitrogens with zero attached hydrogens (tertiary/aromatic N) is 1. The Bertz CT molecular complexity index is 681. The van der Waals surface area contributed by atoms with Crippen LogP contribution in [0.4, 0.5) is 5.69 Å². The lowest BCUT2D eigenvalue weighted by Crippen LogP contribution is -2.44. The van der Waals surface area contributed by atoms with E-state index in [1.165, 1.54) is 11.3 Å². The van der Waals surface area contributed by atoms with E-state index in [2.05, 4.69) is 5.32 Å². The molecule has 4 rings (SSSR count). The first-order chi connectivity index (χ1) is 11.8. The fourth-order valence-electron chi connectivity index (χ4n) is 3.82. The summed E-state index contributed by atoms with van der Waals surface area (Å²) in [7, 11) is 0. The summed E-state index contributed by atoms with van der Waals surface area (Å²) < 4.78 is 6.23. The first-order valence-corrected chi connectivity index (χ1v) is 9.42. The van der Waals surface area contributed by atoms with Crippen molar-refractivity contribution in [1.82, 2.24) is 5.32 Å². The zero-order valence-corrected chi connectivity index (χ0v) is 14.4. The summed E-state index contributed by atoms with van der Waals surface area (Å²) in [5, 5.41) is 5.35. The van der Waals surface area contributed by atoms with Crippen LogP contribution in [0.25, 0.3) is 0 Å². The van der Waals surface area contributed by atoms with Gasteiger partial charge in [-0.1, -0.05) is 24.3 Å². The highest BCUT2D eigenvalue weighted by molar-refractivity contribution is 7.12. The third-order valence-electron chi connectivity index (χ3n) is 5.05. The summed E-state index contributed by atoms with van der Waals surface area (Å²) in [4.78, 5) is 15.9. The fraction of sp³-hybridized carbons (Fsp3) is 0.421. The number of amides is 1. The smallest absolute Gasteiger partial charge is 0.268 e. The molecule has 2 saturated heterocycles. The summed E-state index contributed by atoms with van der Waals surface area (Å²) >= 11 is 1.50. The van der Waals surface area contributed by atoms with Gasteiger partial charge < -0.3 is 15.0 Å². The van der Waals surface area contributed by atoms with Crippen LogP contribution >= 0.6 is 11.3 Å². The van der Waals surface area contributed by atoms with Crippen LogP contribution in [0.5, 0.6) is 0 Å². The van der Waals surface area contributed by atoms with Crippen LogP contribution in [0.1, 0.15) is 28.9 Å². The summed E-state index contributed by atoms with van der Waals surface area (Å²) in [6.07, 6.45) is 2.97. The second kappa shape index (κ2) is 6.67. The fourth-order valence-corrected chi connectivity index (χ4v) is 4.48. The highest BCUT2D eigenvalue weighted by Gasteiger charge is 2.44. The predicted molar refractivity (Wildman–Crippen MR) is 96.8 cm³/mol. The van der Waals surface area contributed by atoms with Crippen LogP contribution in [-0.4, -0.2) is 37.2 Å². The van der Waals surface area contributed by atoms with Gasteiger partial charge in [-0.3, -0.25) is 4.79 Å². The molecule has 1 amide bonds. The lowest BCUT2D eigenvalue weighted by Gasteiger charge is -2.34. The SMILES string of the molecule is O=C(c1cccs1)N(c1ccccc1)[C@H]1COC2(CCNCC2)C1. The molecule has 2 aliphatic heterocycles. The van der Waals surface area contributed by atoms with E-state index in [1.54, 1.807) is 0 Å². The van der Waals surface area contributed by atoms with Crippen molar-refractivity contribution in [2.75, 3.05) is 24.6 Å². The Kier molecular flexibility index (Phi) is 4.39. The largest absolute Gasteiger partial charge is 0.373 e. The molecule has 4 nitrogen and oxygen atoms in total. The Balaban J connectivity index is 1.62. The van der Waals surface area contributed by atoms with Crippen molar-refractivity contribution < 1.29 is 9.53 Å². The normalized spacial score (nSPS) is 22.6. The molecule has 0 radical (unpaired) electrons. The molecule has 2 aliphatic rings. The molecule has 0 aliphatic carbocycles. The van der Waals surface area contributed by atoms with Crippen molar-refractivity contribution in [3.8, 4) is 0 Å². The van der Waals surface area contributed by atoms with E-state index in [1.807, 2.05) is 52.7 Å². The van der Waals surface area contributed by atoms with Gasteiger partial charge in [0, 0.05) is 5.69 Å². The second-order valence-corrected chi connectivity index (χ2v) is 7.54. The van der Waals surface area contributed by atoms with Crippen molar-refractivity contribution in [3.63, 3.8) is 0 Å². The average molecular weight is 342 g/mol. The highest BCUT2D eigenvalue weighted by Crippen LogP contribution is 2.38. The van der Waals surface area contributed by atoms with Crippen molar-refractivity contribution in [1.29, 1.82) is 0 Å². The lowest BCUT2D eigenvalue weighted by atomic mass is 9.88. The Morgan fingerprint density at radius 3 is 2.67 bits per heavy atom. The minimum absolute atomic E-state index is 0.0569. The number of piperidine rings is 1. The average Bonchev–Trinajstić information content (AvgIpc) is 3.28. The van der Waals surface area contributed by atoms with Crippen molar-refractivity contribution in [3.05, 3.63) is 52.7 Å². The summed E-state index contributed by atoms with van der Waals surface area (Å²) in [5.74, 6) is 0.0794. The first-order valence-electron chi connectivity index (χ1n) is 8.54. The van der Waals surface area contributed by atoms with Crippen LogP contribution in [0.2, 0.25) is 0 Å². The van der Waals surface area contributed by atoms with E-state index >= 15 is 0 Å². The molecule has 1 aromatic heterocycles. The van der Waals surface area contributed by atoms with E-state index in [4.69, 9.17) is 4.74 Å². The van der Waals surface area contributed by atoms with Gasteiger partial charge in [-0.25, -0.2) is 0 Å². The van der Waals surface area contributed by atoms with Gasteiger partial charge in [-0.05, 0) is 55.9 Å². The number of carbonyl (C=O) groups is 1. The summed E-state index contributed by atoms with van der Waals surface area (Å²) in [6, 6.07) is 13.9. The maximum atomic E-state index is 13.1. The van der Waals surface area contributed by atoms with E-state index in [-0.39, 0.29) is 17.6 Å². The van der Waals surface area contributed by atoms with Gasteiger partial charge in [0.1, 0.15) is 0 Å². The number of thiophene rings is 1. The Morgan fingerprint density at radius 2 is 1.96 bits per heavy atom. The number of carbonyl (C=O) groups excluding carboxylic acids is 1. The number of para-hydroxylation sites is 1. The van der Waals surface area contributed by atoms with Gasteiger partial charge in [-0.15, -0.1) is 11.3 Å². The molecule has 1 atom stereocenters. The third-order valence-corrected chi connectivity index (χ3v) is 5.91. The van der Waals surface area contributed by atoms with Crippen LogP contribution in [0.15, 0.2) is 47.8 Å². The first kappa shape index (κ1) is 15.8. The molecule has 1 aromatic carbocycles. The van der Waals surface area contributed by atoms with Gasteiger partial charge in [0.05, 0.1) is 23.1 Å². The lowest BCUT2D eigenvalue weighted by molar-refractivity contribution is -0.0193. The number of hydrogen-bond donors (Lipinski definition) is 1. The maximum Gasteiger partial charge on any atom is 0.268 e. The zero-order chi connectivity index (χ0) is 16.4. The molecule has 126 valence electrons. The number of anilines is 1. The molecule has 1 N–H and O–H groups in total. The van der Waals surface area contributed by atoms with E-state index in [9.17, 15) is 4.79 Å². The molecule has 24 heavy (non-hydrogen) atoms.